The van der Waals surface area contributed by atoms with Crippen LogP contribution in [0.2, 0.25) is 0 Å². The number of carbonyl (C=O) groups is 1. The molecule has 0 spiro atoms. The van der Waals surface area contributed by atoms with Gasteiger partial charge in [0.2, 0.25) is 0 Å². The summed E-state index contributed by atoms with van der Waals surface area (Å²) in [4.78, 5) is 9.68. The normalized spacial score (nSPS) is 11.3. The minimum Gasteiger partial charge on any atom is -0.623 e. The van der Waals surface area contributed by atoms with Crippen LogP contribution in [0.1, 0.15) is 0 Å². The molecule has 1 N–H and O–H groups in total. The highest BCUT2D eigenvalue weighted by molar-refractivity contribution is 5.56. The summed E-state index contributed by atoms with van der Waals surface area (Å²) < 4.78 is -1.28. The summed E-state index contributed by atoms with van der Waals surface area (Å²) in [5, 5.41) is 18.1. The van der Waals surface area contributed by atoms with Gasteiger partial charge in [0, 0.05) is 0 Å². The largest absolute Gasteiger partial charge is 0.623 e. The molecule has 0 heterocycles. The van der Waals surface area contributed by atoms with Gasteiger partial charge in [0.25, 0.3) is 0 Å². The van der Waals surface area contributed by atoms with Crippen molar-refractivity contribution in [3.8, 4) is 0 Å². The van der Waals surface area contributed by atoms with Crippen molar-refractivity contribution in [1.29, 1.82) is 0 Å². The van der Waals surface area contributed by atoms with Gasteiger partial charge in [-0.2, -0.15) is 4.79 Å². The van der Waals surface area contributed by atoms with Crippen LogP contribution in [0.4, 0.5) is 4.79 Å². The summed E-state index contributed by atoms with van der Waals surface area (Å²) in [7, 11) is 2.09. The third-order valence-electron chi connectivity index (χ3n) is 0.461. The Morgan fingerprint density at radius 3 is 1.86 bits per heavy atom. The molecule has 0 saturated heterocycles. The highest BCUT2D eigenvalue weighted by Crippen LogP contribution is 1.89. The predicted molar refractivity (Wildman–Crippen MR) is 23.5 cm³/mol. The second-order valence-electron chi connectivity index (χ2n) is 1.63. The van der Waals surface area contributed by atoms with Crippen LogP contribution in [0.3, 0.4) is 0 Å². The molecule has 1 amide bonds. The molecule has 7 heavy (non-hydrogen) atoms. The fourth-order valence-electron chi connectivity index (χ4n) is 0. The monoisotopic (exact) mass is 105 g/mol. The van der Waals surface area contributed by atoms with Crippen molar-refractivity contribution in [2.45, 2.75) is 0 Å². The molecule has 0 rings (SSSR count). The number of hydrogen-bond donors (Lipinski definition) is 1. The lowest BCUT2D eigenvalue weighted by Crippen LogP contribution is -2.37. The minimum absolute atomic E-state index is 1.04. The van der Waals surface area contributed by atoms with E-state index >= 15 is 0 Å². The third kappa shape index (κ3) is 2.13. The molecule has 4 heteroatoms. The van der Waals surface area contributed by atoms with E-state index in [9.17, 15) is 10.0 Å². The van der Waals surface area contributed by atoms with Crippen LogP contribution in [0.5, 0.6) is 0 Å². The molecule has 0 aromatic carbocycles. The fourth-order valence-corrected chi connectivity index (χ4v) is 0. The molecular formula is C3H7NO3. The number of hydrogen-bond acceptors (Lipinski definition) is 2. The Bertz CT molecular complexity index is 82.7. The lowest BCUT2D eigenvalue weighted by Gasteiger charge is -2.25. The second kappa shape index (κ2) is 1.48. The van der Waals surface area contributed by atoms with E-state index in [0.717, 1.165) is 14.1 Å². The van der Waals surface area contributed by atoms with Crippen LogP contribution in [0, 0.1) is 5.21 Å². The SMILES string of the molecule is C[N+](C)([O-])C(=O)O. The lowest BCUT2D eigenvalue weighted by molar-refractivity contribution is -0.762. The van der Waals surface area contributed by atoms with Crippen molar-refractivity contribution in [3.05, 3.63) is 5.21 Å². The van der Waals surface area contributed by atoms with Crippen molar-refractivity contribution >= 4 is 6.09 Å². The van der Waals surface area contributed by atoms with E-state index in [4.69, 9.17) is 5.11 Å². The summed E-state index contributed by atoms with van der Waals surface area (Å²) in [5.74, 6) is 0. The van der Waals surface area contributed by atoms with Gasteiger partial charge in [0.15, 0.2) is 0 Å². The Kier molecular flexibility index (Phi) is 1.35. The quantitative estimate of drug-likeness (QED) is 0.354. The molecule has 0 radical (unpaired) electrons. The number of amides is 1. The van der Waals surface area contributed by atoms with Gasteiger partial charge in [-0.05, 0) is 0 Å². The Morgan fingerprint density at radius 1 is 1.71 bits per heavy atom. The summed E-state index contributed by atoms with van der Waals surface area (Å²) in [5.41, 5.74) is 0. The second-order valence-corrected chi connectivity index (χ2v) is 1.63. The molecule has 0 aliphatic rings. The maximum absolute atomic E-state index is 10.1. The van der Waals surface area contributed by atoms with Crippen LogP contribution >= 0.6 is 0 Å². The summed E-state index contributed by atoms with van der Waals surface area (Å²) >= 11 is 0. The molecule has 0 unspecified atom stereocenters. The molecular weight excluding hydrogens is 98.0 g/mol. The van der Waals surface area contributed by atoms with Crippen molar-refractivity contribution < 1.29 is 14.5 Å². The predicted octanol–water partition coefficient (Wildman–Crippen LogP) is 0.239. The number of carboxylic acid groups (broad SMARTS) is 1. The molecule has 0 aromatic rings. The standard InChI is InChI=1S/C3H7NO3/c1-4(2,7)3(5)6/h1-2H3,(H,5,6). The number of hydroxylamine groups is 3. The molecule has 0 bridgehead atoms. The molecule has 0 atom stereocenters. The Morgan fingerprint density at radius 2 is 1.86 bits per heavy atom. The Balaban J connectivity index is 3.79. The van der Waals surface area contributed by atoms with Crippen molar-refractivity contribution in [2.24, 2.45) is 0 Å². The summed E-state index contributed by atoms with van der Waals surface area (Å²) in [6.45, 7) is 0. The van der Waals surface area contributed by atoms with Gasteiger partial charge in [-0.1, -0.05) is 0 Å². The van der Waals surface area contributed by atoms with Crippen molar-refractivity contribution in [1.82, 2.24) is 0 Å². The first-order valence-electron chi connectivity index (χ1n) is 1.73. The first-order valence-corrected chi connectivity index (χ1v) is 1.73. The fraction of sp³-hybridized carbons (Fsp3) is 0.667. The van der Waals surface area contributed by atoms with Gasteiger partial charge in [-0.25, -0.2) is 0 Å². The topological polar surface area (TPSA) is 60.4 Å². The van der Waals surface area contributed by atoms with Crippen molar-refractivity contribution in [3.63, 3.8) is 0 Å². The maximum atomic E-state index is 10.1. The van der Waals surface area contributed by atoms with Crippen LogP contribution in [0.25, 0.3) is 0 Å². The molecule has 0 aromatic heterocycles. The summed E-state index contributed by atoms with van der Waals surface area (Å²) in [6, 6.07) is 0. The highest BCUT2D eigenvalue weighted by Gasteiger charge is 2.11. The van der Waals surface area contributed by atoms with E-state index in [1.807, 2.05) is 0 Å². The zero-order chi connectivity index (χ0) is 6.08. The molecule has 0 aliphatic heterocycles. The highest BCUT2D eigenvalue weighted by atomic mass is 16.6. The summed E-state index contributed by atoms with van der Waals surface area (Å²) in [6.07, 6.45) is -1.37. The molecule has 0 fully saturated rings. The van der Waals surface area contributed by atoms with E-state index in [-0.39, 0.29) is 0 Å². The van der Waals surface area contributed by atoms with E-state index in [2.05, 4.69) is 0 Å². The Labute approximate surface area is 41.1 Å². The number of rotatable bonds is 0. The number of quaternary nitrogens is 1. The van der Waals surface area contributed by atoms with Gasteiger partial charge in [0.05, 0.1) is 14.1 Å². The average molecular weight is 105 g/mol. The van der Waals surface area contributed by atoms with Gasteiger partial charge >= 0.3 is 6.09 Å². The van der Waals surface area contributed by atoms with Crippen LogP contribution in [-0.2, 0) is 0 Å². The third-order valence-corrected chi connectivity index (χ3v) is 0.461. The maximum Gasteiger partial charge on any atom is 0.513 e. The molecule has 0 saturated carbocycles. The zero-order valence-corrected chi connectivity index (χ0v) is 4.21. The van der Waals surface area contributed by atoms with Gasteiger partial charge in [-0.3, -0.25) is 4.65 Å². The van der Waals surface area contributed by atoms with Gasteiger partial charge < -0.3 is 10.3 Å². The van der Waals surface area contributed by atoms with Gasteiger partial charge in [-0.15, -0.1) is 0 Å². The van der Waals surface area contributed by atoms with Crippen LogP contribution in [-0.4, -0.2) is 29.9 Å². The van der Waals surface area contributed by atoms with E-state index in [1.54, 1.807) is 0 Å². The first kappa shape index (κ1) is 6.39. The number of nitrogens with zero attached hydrogens (tertiary/aromatic N) is 1. The van der Waals surface area contributed by atoms with Crippen molar-refractivity contribution in [2.75, 3.05) is 14.1 Å². The van der Waals surface area contributed by atoms with Gasteiger partial charge in [0.1, 0.15) is 0 Å². The van der Waals surface area contributed by atoms with E-state index in [0.29, 0.717) is 0 Å². The van der Waals surface area contributed by atoms with Crippen LogP contribution < -0.4 is 0 Å². The van der Waals surface area contributed by atoms with Crippen LogP contribution in [0.15, 0.2) is 0 Å². The molecule has 0 aliphatic carbocycles. The minimum atomic E-state index is -1.37. The molecule has 42 valence electrons. The first-order chi connectivity index (χ1) is 2.94. The lowest BCUT2D eigenvalue weighted by atomic mass is 10.9. The Hall–Kier alpha value is -0.610. The average Bonchev–Trinajstić information content (AvgIpc) is 1.31. The smallest absolute Gasteiger partial charge is 0.513 e. The molecule has 4 nitrogen and oxygen atoms in total. The zero-order valence-electron chi connectivity index (χ0n) is 4.21. The van der Waals surface area contributed by atoms with E-state index < -0.39 is 10.7 Å². The van der Waals surface area contributed by atoms with E-state index in [1.165, 1.54) is 0 Å².